The minimum absolute atomic E-state index is 0.0177. The summed E-state index contributed by atoms with van der Waals surface area (Å²) in [5.41, 5.74) is 3.74. The van der Waals surface area contributed by atoms with E-state index in [4.69, 9.17) is 5.73 Å². The monoisotopic (exact) mass is 551 g/mol. The van der Waals surface area contributed by atoms with Crippen molar-refractivity contribution in [1.82, 2.24) is 10.2 Å². The number of carbonyl (C=O) groups is 3. The van der Waals surface area contributed by atoms with Crippen LogP contribution in [0.3, 0.4) is 0 Å². The largest absolute Gasteiger partial charge is 0.510 e. The molecule has 0 spiro atoms. The topological polar surface area (TPSA) is 173 Å². The van der Waals surface area contributed by atoms with Gasteiger partial charge in [0.2, 0.25) is 5.78 Å². The molecule has 0 aromatic heterocycles. The van der Waals surface area contributed by atoms with Crippen molar-refractivity contribution < 1.29 is 39.2 Å². The van der Waals surface area contributed by atoms with Gasteiger partial charge >= 0.3 is 0 Å². The highest BCUT2D eigenvalue weighted by Gasteiger charge is 2.63. The summed E-state index contributed by atoms with van der Waals surface area (Å²) in [7, 11) is 3.16. The lowest BCUT2D eigenvalue weighted by Gasteiger charge is -2.50. The number of aliphatic hydroxyl groups excluding tert-OH is 2. The quantitative estimate of drug-likeness (QED) is 0.291. The van der Waals surface area contributed by atoms with Crippen molar-refractivity contribution in [2.75, 3.05) is 14.1 Å². The molecule has 3 aliphatic carbocycles. The predicted octanol–water partition coefficient (Wildman–Crippen LogP) is 1.55. The van der Waals surface area contributed by atoms with Gasteiger partial charge in [-0.15, -0.1) is 0 Å². The fourth-order valence-corrected chi connectivity index (χ4v) is 6.42. The van der Waals surface area contributed by atoms with Crippen LogP contribution in [0.1, 0.15) is 33.5 Å². The number of phenols is 1. The smallest absolute Gasteiger partial charge is 0.255 e. The summed E-state index contributed by atoms with van der Waals surface area (Å²) >= 11 is 0. The molecule has 0 heterocycles. The van der Waals surface area contributed by atoms with E-state index < -0.39 is 58.0 Å². The highest BCUT2D eigenvalue weighted by Crippen LogP contribution is 2.52. The lowest BCUT2D eigenvalue weighted by molar-refractivity contribution is -0.148. The summed E-state index contributed by atoms with van der Waals surface area (Å²) in [5, 5.41) is 47.8. The number of halogens is 1. The molecule has 0 fully saturated rings. The number of rotatable bonds is 6. The van der Waals surface area contributed by atoms with Crippen molar-refractivity contribution in [3.8, 4) is 5.75 Å². The molecule has 4 atom stereocenters. The Hall–Kier alpha value is -4.06. The van der Waals surface area contributed by atoms with Crippen LogP contribution in [0.2, 0.25) is 0 Å². The maximum Gasteiger partial charge on any atom is 0.255 e. The zero-order valence-electron chi connectivity index (χ0n) is 21.9. The molecule has 0 unspecified atom stereocenters. The third-order valence-electron chi connectivity index (χ3n) is 8.26. The maximum absolute atomic E-state index is 13.8. The van der Waals surface area contributed by atoms with Gasteiger partial charge in [0.15, 0.2) is 11.4 Å². The Morgan fingerprint density at radius 3 is 2.40 bits per heavy atom. The Bertz CT molecular complexity index is 1500. The van der Waals surface area contributed by atoms with E-state index in [0.29, 0.717) is 18.7 Å². The maximum atomic E-state index is 13.8. The second-order valence-corrected chi connectivity index (χ2v) is 10.8. The van der Waals surface area contributed by atoms with Gasteiger partial charge in [-0.2, -0.15) is 0 Å². The Labute approximate surface area is 229 Å². The number of carbonyl (C=O) groups excluding carboxylic acids is 3. The van der Waals surface area contributed by atoms with Gasteiger partial charge in [-0.05, 0) is 67.7 Å². The number of aliphatic hydroxyl groups is 3. The van der Waals surface area contributed by atoms with E-state index in [1.807, 2.05) is 0 Å². The van der Waals surface area contributed by atoms with Gasteiger partial charge in [-0.3, -0.25) is 19.3 Å². The first kappa shape index (κ1) is 27.5. The number of likely N-dealkylation sites (N-methyl/N-ethyl adjacent to an activating group) is 1. The van der Waals surface area contributed by atoms with Crippen LogP contribution in [-0.2, 0) is 29.1 Å². The van der Waals surface area contributed by atoms with E-state index in [9.17, 15) is 39.2 Å². The number of aromatic hydroxyl groups is 1. The third kappa shape index (κ3) is 4.09. The number of hydrogen-bond acceptors (Lipinski definition) is 9. The lowest BCUT2D eigenvalue weighted by Crippen LogP contribution is -2.63. The second-order valence-electron chi connectivity index (χ2n) is 10.8. The average molecular weight is 552 g/mol. The fraction of sp³-hybridized carbons (Fsp3) is 0.345. The molecule has 5 rings (SSSR count). The Kier molecular flexibility index (Phi) is 6.77. The summed E-state index contributed by atoms with van der Waals surface area (Å²) in [5.74, 6) is -7.17. The van der Waals surface area contributed by atoms with Gasteiger partial charge < -0.3 is 31.5 Å². The molecular weight excluding hydrogens is 521 g/mol. The number of hydrogen-bond donors (Lipinski definition) is 6. The van der Waals surface area contributed by atoms with Crippen molar-refractivity contribution >= 4 is 17.5 Å². The number of Topliss-reactive ketones (excluding diaryl/α,β-unsaturated/α-hetero) is 2. The molecule has 10 nitrogen and oxygen atoms in total. The third-order valence-corrected chi connectivity index (χ3v) is 8.26. The Balaban J connectivity index is 1.54. The standard InChI is InChI=1S/C29H30FN3O7/c1-33(2)23-18-10-15-9-17-14(12-32-11-13-3-6-16(30)7-4-13)5-8-19(34)21(17)24(35)20(15)26(37)29(18,40)27(38)22(25(23)36)28(31)39/h3-8,15,18,23,32,34,36-37,40H,9-12H2,1-2H3,(H2,31,39)/t15-,18-,23+,29-/m0/s1. The summed E-state index contributed by atoms with van der Waals surface area (Å²) in [6.45, 7) is 0.747. The SMILES string of the molecule is CN(C)[C@H]1C(O)=C(C(N)=O)C(=O)[C@@]2(O)C(O)=C3C(=O)c4c(O)ccc(CNCc5ccc(F)cc5)c4C[C@H]3C[C@@H]12. The van der Waals surface area contributed by atoms with E-state index in [2.05, 4.69) is 5.32 Å². The molecule has 0 saturated carbocycles. The van der Waals surface area contributed by atoms with Crippen molar-refractivity contribution in [2.24, 2.45) is 17.6 Å². The molecule has 0 radical (unpaired) electrons. The summed E-state index contributed by atoms with van der Waals surface area (Å²) in [6.07, 6.45) is 0.223. The van der Waals surface area contributed by atoms with Crippen LogP contribution in [0, 0.1) is 17.7 Å². The normalized spacial score (nSPS) is 26.1. The predicted molar refractivity (Wildman–Crippen MR) is 141 cm³/mol. The summed E-state index contributed by atoms with van der Waals surface area (Å²) in [6, 6.07) is 8.03. The molecule has 1 amide bonds. The lowest BCUT2D eigenvalue weighted by atomic mass is 9.58. The number of nitrogens with two attached hydrogens (primary N) is 1. The zero-order valence-corrected chi connectivity index (χ0v) is 21.9. The second kappa shape index (κ2) is 9.84. The average Bonchev–Trinajstić information content (AvgIpc) is 2.88. The van der Waals surface area contributed by atoms with Gasteiger partial charge in [0.05, 0.1) is 11.6 Å². The number of nitrogens with zero attached hydrogens (tertiary/aromatic N) is 1. The van der Waals surface area contributed by atoms with Crippen LogP contribution in [0.5, 0.6) is 5.75 Å². The number of ketones is 2. The van der Waals surface area contributed by atoms with E-state index in [1.54, 1.807) is 32.3 Å². The molecule has 3 aliphatic rings. The van der Waals surface area contributed by atoms with Crippen molar-refractivity contribution in [1.29, 1.82) is 0 Å². The molecular formula is C29H30FN3O7. The number of primary amides is 1. The fourth-order valence-electron chi connectivity index (χ4n) is 6.42. The Morgan fingerprint density at radius 2 is 1.77 bits per heavy atom. The zero-order chi connectivity index (χ0) is 29.1. The van der Waals surface area contributed by atoms with Gasteiger partial charge in [0.1, 0.15) is 28.7 Å². The minimum atomic E-state index is -2.67. The van der Waals surface area contributed by atoms with E-state index in [-0.39, 0.29) is 35.5 Å². The van der Waals surface area contributed by atoms with Crippen LogP contribution < -0.4 is 11.1 Å². The van der Waals surface area contributed by atoms with Crippen LogP contribution in [0.4, 0.5) is 4.39 Å². The number of amides is 1. The van der Waals surface area contributed by atoms with Crippen LogP contribution in [0.25, 0.3) is 0 Å². The van der Waals surface area contributed by atoms with Gasteiger partial charge in [0, 0.05) is 24.6 Å². The minimum Gasteiger partial charge on any atom is -0.510 e. The highest BCUT2D eigenvalue weighted by molar-refractivity contribution is 6.24. The number of benzene rings is 2. The molecule has 2 aromatic carbocycles. The van der Waals surface area contributed by atoms with Crippen molar-refractivity contribution in [2.45, 2.75) is 37.6 Å². The van der Waals surface area contributed by atoms with Crippen molar-refractivity contribution in [3.63, 3.8) is 0 Å². The van der Waals surface area contributed by atoms with Gasteiger partial charge in [-0.25, -0.2) is 4.39 Å². The molecule has 7 N–H and O–H groups in total. The molecule has 210 valence electrons. The molecule has 2 aromatic rings. The first-order valence-electron chi connectivity index (χ1n) is 12.8. The molecule has 0 bridgehead atoms. The summed E-state index contributed by atoms with van der Waals surface area (Å²) in [4.78, 5) is 40.7. The first-order valence-corrected chi connectivity index (χ1v) is 12.8. The van der Waals surface area contributed by atoms with Crippen LogP contribution in [-0.4, -0.2) is 68.5 Å². The molecule has 0 saturated heterocycles. The van der Waals surface area contributed by atoms with E-state index in [1.165, 1.54) is 23.1 Å². The highest BCUT2D eigenvalue weighted by atomic mass is 19.1. The molecule has 40 heavy (non-hydrogen) atoms. The van der Waals surface area contributed by atoms with Crippen LogP contribution >= 0.6 is 0 Å². The van der Waals surface area contributed by atoms with Crippen LogP contribution in [0.15, 0.2) is 59.1 Å². The summed E-state index contributed by atoms with van der Waals surface area (Å²) < 4.78 is 13.2. The molecule has 0 aliphatic heterocycles. The van der Waals surface area contributed by atoms with E-state index in [0.717, 1.165) is 11.1 Å². The number of allylic oxidation sites excluding steroid dienone is 1. The van der Waals surface area contributed by atoms with Gasteiger partial charge in [0.25, 0.3) is 5.91 Å². The Morgan fingerprint density at radius 1 is 1.10 bits per heavy atom. The van der Waals surface area contributed by atoms with E-state index >= 15 is 0 Å². The molecule has 11 heteroatoms. The van der Waals surface area contributed by atoms with Crippen molar-refractivity contribution in [3.05, 3.63) is 87.1 Å². The number of fused-ring (bicyclic) bond motifs is 3. The van der Waals surface area contributed by atoms with Gasteiger partial charge in [-0.1, -0.05) is 18.2 Å². The number of nitrogens with one attached hydrogen (secondary N) is 1. The number of phenolic OH excluding ortho intramolecular Hbond substituents is 1. The first-order chi connectivity index (χ1) is 18.9.